The number of fused-ring (bicyclic) bond motifs is 3. The zero-order valence-electron chi connectivity index (χ0n) is 19.7. The van der Waals surface area contributed by atoms with E-state index < -0.39 is 23.9 Å². The van der Waals surface area contributed by atoms with Gasteiger partial charge in [0.1, 0.15) is 6.61 Å². The van der Waals surface area contributed by atoms with E-state index in [0.29, 0.717) is 13.0 Å². The third-order valence-corrected chi connectivity index (χ3v) is 7.06. The molecule has 7 nitrogen and oxygen atoms in total. The summed E-state index contributed by atoms with van der Waals surface area (Å²) in [7, 11) is 0. The highest BCUT2D eigenvalue weighted by atomic mass is 16.5. The molecule has 1 fully saturated rings. The van der Waals surface area contributed by atoms with Crippen LogP contribution in [0.25, 0.3) is 11.1 Å². The van der Waals surface area contributed by atoms with Crippen molar-refractivity contribution in [1.29, 1.82) is 0 Å². The molecule has 2 aromatic carbocycles. The van der Waals surface area contributed by atoms with E-state index in [-0.39, 0.29) is 37.4 Å². The first-order chi connectivity index (χ1) is 16.4. The fraction of sp³-hybridized carbons (Fsp3) is 0.444. The topological polar surface area (TPSA) is 95.9 Å². The number of alkyl carbamates (subject to hydrolysis) is 1. The third-order valence-electron chi connectivity index (χ3n) is 7.06. The monoisotopic (exact) mass is 464 g/mol. The molecule has 34 heavy (non-hydrogen) atoms. The maximum absolute atomic E-state index is 13.0. The molecule has 1 aliphatic carbocycles. The fourth-order valence-electron chi connectivity index (χ4n) is 5.24. The second kappa shape index (κ2) is 10.3. The van der Waals surface area contributed by atoms with Crippen molar-refractivity contribution in [3.63, 3.8) is 0 Å². The number of nitrogens with one attached hydrogen (secondary N) is 1. The van der Waals surface area contributed by atoms with Gasteiger partial charge >= 0.3 is 12.1 Å². The van der Waals surface area contributed by atoms with Gasteiger partial charge in [0.2, 0.25) is 5.91 Å². The summed E-state index contributed by atoms with van der Waals surface area (Å²) in [5, 5.41) is 12.1. The molecule has 0 aromatic heterocycles. The number of rotatable bonds is 8. The zero-order valence-corrected chi connectivity index (χ0v) is 19.7. The van der Waals surface area contributed by atoms with E-state index in [4.69, 9.17) is 4.74 Å². The molecule has 2 N–H and O–H groups in total. The first kappa shape index (κ1) is 23.8. The predicted octanol–water partition coefficient (Wildman–Crippen LogP) is 4.12. The van der Waals surface area contributed by atoms with Crippen LogP contribution in [0.5, 0.6) is 0 Å². The first-order valence-electron chi connectivity index (χ1n) is 12.0. The number of carbonyl (C=O) groups is 3. The molecule has 0 radical (unpaired) electrons. The molecule has 1 saturated heterocycles. The summed E-state index contributed by atoms with van der Waals surface area (Å²) in [4.78, 5) is 38.6. The van der Waals surface area contributed by atoms with Gasteiger partial charge in [0.15, 0.2) is 0 Å². The second-order valence-corrected chi connectivity index (χ2v) is 9.36. The van der Waals surface area contributed by atoms with E-state index in [1.165, 1.54) is 11.1 Å². The number of likely N-dealkylation sites (tertiary alicyclic amines) is 1. The summed E-state index contributed by atoms with van der Waals surface area (Å²) in [5.41, 5.74) is 4.62. The van der Waals surface area contributed by atoms with Crippen LogP contribution in [0.15, 0.2) is 48.5 Å². The van der Waals surface area contributed by atoms with Crippen LogP contribution in [0.4, 0.5) is 4.79 Å². The van der Waals surface area contributed by atoms with Gasteiger partial charge in [-0.25, -0.2) is 4.79 Å². The molecule has 1 aliphatic heterocycles. The lowest BCUT2D eigenvalue weighted by Crippen LogP contribution is -2.41. The fourth-order valence-corrected chi connectivity index (χ4v) is 5.24. The molecule has 7 heteroatoms. The van der Waals surface area contributed by atoms with Gasteiger partial charge in [-0.2, -0.15) is 0 Å². The van der Waals surface area contributed by atoms with Crippen LogP contribution >= 0.6 is 0 Å². The highest BCUT2D eigenvalue weighted by Crippen LogP contribution is 2.44. The molecule has 0 saturated carbocycles. The molecule has 2 amide bonds. The Morgan fingerprint density at radius 2 is 1.68 bits per heavy atom. The number of ether oxygens (including phenoxy) is 1. The lowest BCUT2D eigenvalue weighted by Gasteiger charge is -2.23. The Bertz CT molecular complexity index is 1020. The van der Waals surface area contributed by atoms with Crippen molar-refractivity contribution in [2.75, 3.05) is 26.2 Å². The van der Waals surface area contributed by atoms with Crippen LogP contribution in [0.3, 0.4) is 0 Å². The molecular formula is C27H32N2O5. The maximum atomic E-state index is 13.0. The Morgan fingerprint density at radius 3 is 2.24 bits per heavy atom. The van der Waals surface area contributed by atoms with Crippen molar-refractivity contribution < 1.29 is 24.2 Å². The summed E-state index contributed by atoms with van der Waals surface area (Å²) in [6.45, 7) is 4.89. The van der Waals surface area contributed by atoms with Crippen molar-refractivity contribution in [3.8, 4) is 11.1 Å². The van der Waals surface area contributed by atoms with Crippen LogP contribution in [-0.4, -0.2) is 54.2 Å². The Kier molecular flexibility index (Phi) is 7.20. The summed E-state index contributed by atoms with van der Waals surface area (Å²) >= 11 is 0. The minimum Gasteiger partial charge on any atom is -0.481 e. The minimum absolute atomic E-state index is 0.0229. The van der Waals surface area contributed by atoms with Gasteiger partial charge in [-0.3, -0.25) is 9.59 Å². The molecule has 3 atom stereocenters. The Labute approximate surface area is 200 Å². The van der Waals surface area contributed by atoms with Crippen LogP contribution in [0.2, 0.25) is 0 Å². The smallest absolute Gasteiger partial charge is 0.407 e. The number of carboxylic acid groups (broad SMARTS) is 1. The minimum atomic E-state index is -0.869. The number of hydrogen-bond acceptors (Lipinski definition) is 4. The SMILES string of the molecule is CCCC(CNC(=O)OCC1c2ccccc2-c2ccccc21)C(=O)N1C[C@H](C(=O)O)[C@@H](C)C1. The summed E-state index contributed by atoms with van der Waals surface area (Å²) in [6, 6.07) is 16.3. The highest BCUT2D eigenvalue weighted by molar-refractivity contribution is 5.82. The van der Waals surface area contributed by atoms with Crippen LogP contribution in [0, 0.1) is 17.8 Å². The van der Waals surface area contributed by atoms with E-state index in [0.717, 1.165) is 17.5 Å². The molecule has 1 unspecified atom stereocenters. The van der Waals surface area contributed by atoms with Gasteiger partial charge in [-0.15, -0.1) is 0 Å². The number of aliphatic carboxylic acids is 1. The van der Waals surface area contributed by atoms with E-state index >= 15 is 0 Å². The largest absolute Gasteiger partial charge is 0.481 e. The van der Waals surface area contributed by atoms with Gasteiger partial charge < -0.3 is 20.1 Å². The van der Waals surface area contributed by atoms with Crippen molar-refractivity contribution in [2.45, 2.75) is 32.6 Å². The zero-order chi connectivity index (χ0) is 24.2. The van der Waals surface area contributed by atoms with Crippen molar-refractivity contribution in [1.82, 2.24) is 10.2 Å². The van der Waals surface area contributed by atoms with Gasteiger partial charge in [0.25, 0.3) is 0 Å². The maximum Gasteiger partial charge on any atom is 0.407 e. The Morgan fingerprint density at radius 1 is 1.06 bits per heavy atom. The van der Waals surface area contributed by atoms with E-state index in [1.807, 2.05) is 38.1 Å². The van der Waals surface area contributed by atoms with E-state index in [2.05, 4.69) is 29.6 Å². The first-order valence-corrected chi connectivity index (χ1v) is 12.0. The molecular weight excluding hydrogens is 432 g/mol. The Balaban J connectivity index is 1.34. The van der Waals surface area contributed by atoms with Gasteiger partial charge in [-0.1, -0.05) is 68.8 Å². The quantitative estimate of drug-likeness (QED) is 0.613. The predicted molar refractivity (Wildman–Crippen MR) is 128 cm³/mol. The van der Waals surface area contributed by atoms with Crippen LogP contribution in [0.1, 0.15) is 43.7 Å². The number of benzene rings is 2. The number of amides is 2. The molecule has 2 aromatic rings. The van der Waals surface area contributed by atoms with E-state index in [9.17, 15) is 19.5 Å². The number of nitrogens with zero attached hydrogens (tertiary/aromatic N) is 1. The molecule has 180 valence electrons. The van der Waals surface area contributed by atoms with Crippen molar-refractivity contribution in [3.05, 3.63) is 59.7 Å². The van der Waals surface area contributed by atoms with Gasteiger partial charge in [-0.05, 0) is 34.6 Å². The average molecular weight is 465 g/mol. The average Bonchev–Trinajstić information content (AvgIpc) is 3.38. The van der Waals surface area contributed by atoms with Gasteiger partial charge in [0.05, 0.1) is 11.8 Å². The number of carbonyl (C=O) groups excluding carboxylic acids is 2. The molecule has 4 rings (SSSR count). The highest BCUT2D eigenvalue weighted by Gasteiger charge is 2.38. The molecule has 0 spiro atoms. The Hall–Kier alpha value is -3.35. The molecule has 2 aliphatic rings. The normalized spacial score (nSPS) is 19.9. The summed E-state index contributed by atoms with van der Waals surface area (Å²) in [6.07, 6.45) is 0.855. The summed E-state index contributed by atoms with van der Waals surface area (Å²) in [5.74, 6) is -2.02. The van der Waals surface area contributed by atoms with Crippen LogP contribution < -0.4 is 5.32 Å². The molecule has 1 heterocycles. The summed E-state index contributed by atoms with van der Waals surface area (Å²) < 4.78 is 5.59. The standard InChI is InChI=1S/C27H32N2O5/c1-3-8-18(25(30)29-14-17(2)23(15-29)26(31)32)13-28-27(33)34-16-24-21-11-6-4-9-19(21)20-10-5-7-12-22(20)24/h4-7,9-12,17-18,23-24H,3,8,13-16H2,1-2H3,(H,28,33)(H,31,32)/t17-,18?,23-/m0/s1. The van der Waals surface area contributed by atoms with Gasteiger partial charge in [0, 0.05) is 25.6 Å². The van der Waals surface area contributed by atoms with Crippen molar-refractivity contribution in [2.24, 2.45) is 17.8 Å². The lowest BCUT2D eigenvalue weighted by atomic mass is 9.98. The molecule has 0 bridgehead atoms. The second-order valence-electron chi connectivity index (χ2n) is 9.36. The third kappa shape index (κ3) is 4.79. The van der Waals surface area contributed by atoms with Crippen molar-refractivity contribution >= 4 is 18.0 Å². The number of carboxylic acids is 1. The number of hydrogen-bond donors (Lipinski definition) is 2. The lowest BCUT2D eigenvalue weighted by molar-refractivity contribution is -0.142. The van der Waals surface area contributed by atoms with Crippen LogP contribution in [-0.2, 0) is 14.3 Å². The van der Waals surface area contributed by atoms with E-state index in [1.54, 1.807) is 4.90 Å².